The molecule has 0 unspecified atom stereocenters. The van der Waals surface area contributed by atoms with Crippen molar-refractivity contribution >= 4 is 26.8 Å². The summed E-state index contributed by atoms with van der Waals surface area (Å²) in [6.45, 7) is 5.87. The second-order valence-corrected chi connectivity index (χ2v) is 7.15. The van der Waals surface area contributed by atoms with Gasteiger partial charge in [-0.2, -0.15) is 5.10 Å². The van der Waals surface area contributed by atoms with Gasteiger partial charge in [0.05, 0.1) is 16.9 Å². The Morgan fingerprint density at radius 2 is 2.00 bits per heavy atom. The number of ether oxygens (including phenoxy) is 1. The Morgan fingerprint density at radius 3 is 2.78 bits per heavy atom. The van der Waals surface area contributed by atoms with Gasteiger partial charge in [0, 0.05) is 29.7 Å². The summed E-state index contributed by atoms with van der Waals surface area (Å²) in [5, 5.41) is 5.27. The van der Waals surface area contributed by atoms with Crippen LogP contribution in [0.2, 0.25) is 0 Å². The van der Waals surface area contributed by atoms with E-state index < -0.39 is 0 Å². The number of rotatable bonds is 4. The standard InChI is InChI=1S/C20H18BrN5O/c1-12-9-16-15(11-22-12)10-18(13(2)24-16)27-14(3)20-17(5-6-19(21)25-20)26-8-4-7-23-26/h4-11,14H,1-3H3/t14-/m0/s1. The molecule has 0 spiro atoms. The summed E-state index contributed by atoms with van der Waals surface area (Å²) in [6.07, 6.45) is 5.15. The van der Waals surface area contributed by atoms with Gasteiger partial charge < -0.3 is 4.74 Å². The highest BCUT2D eigenvalue weighted by Crippen LogP contribution is 2.29. The fourth-order valence-electron chi connectivity index (χ4n) is 2.96. The van der Waals surface area contributed by atoms with Crippen LogP contribution in [0.5, 0.6) is 5.75 Å². The third-order valence-corrected chi connectivity index (χ3v) is 4.73. The third-order valence-electron chi connectivity index (χ3n) is 4.29. The molecule has 0 aliphatic carbocycles. The number of hydrogen-bond acceptors (Lipinski definition) is 5. The highest BCUT2D eigenvalue weighted by molar-refractivity contribution is 9.10. The molecule has 0 aliphatic heterocycles. The van der Waals surface area contributed by atoms with Crippen LogP contribution in [0.3, 0.4) is 0 Å². The van der Waals surface area contributed by atoms with Crippen molar-refractivity contribution in [1.82, 2.24) is 24.7 Å². The number of aromatic nitrogens is 5. The number of aryl methyl sites for hydroxylation is 2. The van der Waals surface area contributed by atoms with Crippen LogP contribution in [-0.4, -0.2) is 24.7 Å². The van der Waals surface area contributed by atoms with Gasteiger partial charge in [-0.05, 0) is 67.0 Å². The van der Waals surface area contributed by atoms with Gasteiger partial charge in [0.1, 0.15) is 22.2 Å². The summed E-state index contributed by atoms with van der Waals surface area (Å²) in [5.74, 6) is 0.717. The highest BCUT2D eigenvalue weighted by Gasteiger charge is 2.18. The van der Waals surface area contributed by atoms with Crippen LogP contribution < -0.4 is 4.74 Å². The molecule has 4 heterocycles. The number of halogens is 1. The molecule has 0 bridgehead atoms. The van der Waals surface area contributed by atoms with Gasteiger partial charge in [-0.1, -0.05) is 0 Å². The van der Waals surface area contributed by atoms with Crippen molar-refractivity contribution in [2.45, 2.75) is 26.9 Å². The Morgan fingerprint density at radius 1 is 1.15 bits per heavy atom. The summed E-state index contributed by atoms with van der Waals surface area (Å²) in [5.41, 5.74) is 4.35. The minimum absolute atomic E-state index is 0.293. The summed E-state index contributed by atoms with van der Waals surface area (Å²) in [6, 6.07) is 9.69. The molecule has 136 valence electrons. The van der Waals surface area contributed by atoms with Crippen molar-refractivity contribution in [2.75, 3.05) is 0 Å². The molecule has 4 rings (SSSR count). The molecule has 4 aromatic rings. The predicted molar refractivity (Wildman–Crippen MR) is 107 cm³/mol. The maximum Gasteiger partial charge on any atom is 0.142 e. The SMILES string of the molecule is Cc1cc2nc(C)c(O[C@@H](C)c3nc(Br)ccc3-n3cccn3)cc2cn1. The van der Waals surface area contributed by atoms with Crippen LogP contribution in [0.4, 0.5) is 0 Å². The lowest BCUT2D eigenvalue weighted by Crippen LogP contribution is -2.12. The molecule has 0 fully saturated rings. The first-order chi connectivity index (χ1) is 13.0. The van der Waals surface area contributed by atoms with Gasteiger partial charge in [-0.15, -0.1) is 0 Å². The van der Waals surface area contributed by atoms with Gasteiger partial charge in [0.15, 0.2) is 0 Å². The maximum absolute atomic E-state index is 6.25. The molecule has 0 aromatic carbocycles. The van der Waals surface area contributed by atoms with Crippen LogP contribution in [0.15, 0.2) is 53.5 Å². The van der Waals surface area contributed by atoms with Crippen molar-refractivity contribution in [3.63, 3.8) is 0 Å². The first kappa shape index (κ1) is 17.6. The van der Waals surface area contributed by atoms with E-state index in [9.17, 15) is 0 Å². The van der Waals surface area contributed by atoms with E-state index in [0.29, 0.717) is 5.75 Å². The molecule has 6 nitrogen and oxygen atoms in total. The second-order valence-electron chi connectivity index (χ2n) is 6.34. The maximum atomic E-state index is 6.25. The molecule has 4 aromatic heterocycles. The van der Waals surface area contributed by atoms with Gasteiger partial charge in [-0.3, -0.25) is 4.98 Å². The minimum Gasteiger partial charge on any atom is -0.482 e. The monoisotopic (exact) mass is 423 g/mol. The molecule has 0 saturated heterocycles. The Balaban J connectivity index is 1.72. The molecule has 0 saturated carbocycles. The van der Waals surface area contributed by atoms with E-state index in [2.05, 4.69) is 36.0 Å². The van der Waals surface area contributed by atoms with Crippen molar-refractivity contribution in [2.24, 2.45) is 0 Å². The van der Waals surface area contributed by atoms with Crippen LogP contribution in [0, 0.1) is 13.8 Å². The van der Waals surface area contributed by atoms with Crippen LogP contribution in [0.1, 0.15) is 30.1 Å². The molecular formula is C20H18BrN5O. The molecule has 0 N–H and O–H groups in total. The Labute approximate surface area is 165 Å². The first-order valence-electron chi connectivity index (χ1n) is 8.58. The summed E-state index contributed by atoms with van der Waals surface area (Å²) in [7, 11) is 0. The van der Waals surface area contributed by atoms with Gasteiger partial charge in [-0.25, -0.2) is 14.6 Å². The third kappa shape index (κ3) is 3.55. The zero-order valence-corrected chi connectivity index (χ0v) is 16.8. The lowest BCUT2D eigenvalue weighted by Gasteiger charge is -2.19. The normalized spacial score (nSPS) is 12.3. The van der Waals surface area contributed by atoms with E-state index in [1.165, 1.54) is 0 Å². The van der Waals surface area contributed by atoms with Crippen molar-refractivity contribution in [3.05, 3.63) is 70.6 Å². The average Bonchev–Trinajstić information content (AvgIpc) is 3.17. The fourth-order valence-corrected chi connectivity index (χ4v) is 3.28. The lowest BCUT2D eigenvalue weighted by atomic mass is 10.2. The summed E-state index contributed by atoms with van der Waals surface area (Å²) in [4.78, 5) is 13.6. The predicted octanol–water partition coefficient (Wildman–Crippen LogP) is 4.73. The second kappa shape index (κ2) is 7.08. The number of nitrogens with zero attached hydrogens (tertiary/aromatic N) is 5. The average molecular weight is 424 g/mol. The number of pyridine rings is 3. The van der Waals surface area contributed by atoms with Crippen molar-refractivity contribution in [1.29, 1.82) is 0 Å². The van der Waals surface area contributed by atoms with E-state index in [0.717, 1.165) is 38.3 Å². The molecule has 0 amide bonds. The molecule has 27 heavy (non-hydrogen) atoms. The topological polar surface area (TPSA) is 65.7 Å². The Kier molecular flexibility index (Phi) is 4.61. The van der Waals surface area contributed by atoms with E-state index in [-0.39, 0.29) is 6.10 Å². The fraction of sp³-hybridized carbons (Fsp3) is 0.200. The van der Waals surface area contributed by atoms with E-state index in [1.807, 2.05) is 63.5 Å². The summed E-state index contributed by atoms with van der Waals surface area (Å²) < 4.78 is 8.78. The largest absolute Gasteiger partial charge is 0.482 e. The molecule has 0 radical (unpaired) electrons. The van der Waals surface area contributed by atoms with Gasteiger partial charge in [0.25, 0.3) is 0 Å². The molecule has 7 heteroatoms. The van der Waals surface area contributed by atoms with E-state index in [4.69, 9.17) is 4.74 Å². The van der Waals surface area contributed by atoms with Gasteiger partial charge >= 0.3 is 0 Å². The van der Waals surface area contributed by atoms with Crippen LogP contribution in [0.25, 0.3) is 16.6 Å². The highest BCUT2D eigenvalue weighted by atomic mass is 79.9. The van der Waals surface area contributed by atoms with E-state index in [1.54, 1.807) is 10.9 Å². The minimum atomic E-state index is -0.293. The smallest absolute Gasteiger partial charge is 0.142 e. The van der Waals surface area contributed by atoms with Crippen molar-refractivity contribution < 1.29 is 4.74 Å². The molecule has 0 aliphatic rings. The zero-order chi connectivity index (χ0) is 19.0. The quantitative estimate of drug-likeness (QED) is 0.443. The van der Waals surface area contributed by atoms with Crippen LogP contribution in [-0.2, 0) is 0 Å². The number of hydrogen-bond donors (Lipinski definition) is 0. The van der Waals surface area contributed by atoms with Crippen LogP contribution >= 0.6 is 15.9 Å². The summed E-state index contributed by atoms with van der Waals surface area (Å²) >= 11 is 3.45. The van der Waals surface area contributed by atoms with E-state index >= 15 is 0 Å². The molecule has 1 atom stereocenters. The van der Waals surface area contributed by atoms with Gasteiger partial charge in [0.2, 0.25) is 0 Å². The number of fused-ring (bicyclic) bond motifs is 1. The lowest BCUT2D eigenvalue weighted by molar-refractivity contribution is 0.219. The Bertz CT molecular complexity index is 1110. The first-order valence-corrected chi connectivity index (χ1v) is 9.37. The van der Waals surface area contributed by atoms with Crippen molar-refractivity contribution in [3.8, 4) is 11.4 Å². The molecular weight excluding hydrogens is 406 g/mol. The zero-order valence-electron chi connectivity index (χ0n) is 15.2. The Hall–Kier alpha value is -2.80.